The molecule has 0 aliphatic rings. The van der Waals surface area contributed by atoms with E-state index in [-0.39, 0.29) is 0 Å². The number of nitrogens with zero attached hydrogens (tertiary/aromatic N) is 3. The minimum Gasteiger partial charge on any atom is -0.336 e. The molecule has 0 saturated carbocycles. The fourth-order valence-electron chi connectivity index (χ4n) is 2.00. The fourth-order valence-corrected chi connectivity index (χ4v) is 2.00. The molecule has 4 nitrogen and oxygen atoms in total. The highest BCUT2D eigenvalue weighted by molar-refractivity contribution is 5.13. The Morgan fingerprint density at radius 2 is 2.21 bits per heavy atom. The maximum absolute atomic E-state index is 4.47. The first-order valence-electron chi connectivity index (χ1n) is 6.94. The fraction of sp³-hybridized carbons (Fsp3) is 0.467. The van der Waals surface area contributed by atoms with Crippen molar-refractivity contribution >= 4 is 0 Å². The van der Waals surface area contributed by atoms with E-state index in [2.05, 4.69) is 45.8 Å². The Morgan fingerprint density at radius 3 is 2.79 bits per heavy atom. The molecule has 1 atom stereocenters. The summed E-state index contributed by atoms with van der Waals surface area (Å²) < 4.78 is 2.11. The lowest BCUT2D eigenvalue weighted by molar-refractivity contribution is 0.432. The summed E-state index contributed by atoms with van der Waals surface area (Å²) in [4.78, 5) is 8.54. The predicted molar refractivity (Wildman–Crippen MR) is 76.8 cm³/mol. The molecular weight excluding hydrogens is 236 g/mol. The quantitative estimate of drug-likeness (QED) is 0.829. The highest BCUT2D eigenvalue weighted by Crippen LogP contribution is 2.03. The Morgan fingerprint density at radius 1 is 1.32 bits per heavy atom. The lowest BCUT2D eigenvalue weighted by Crippen LogP contribution is -2.32. The van der Waals surface area contributed by atoms with E-state index in [0.29, 0.717) is 6.04 Å². The third-order valence-corrected chi connectivity index (χ3v) is 3.35. The van der Waals surface area contributed by atoms with E-state index >= 15 is 0 Å². The topological polar surface area (TPSA) is 42.7 Å². The molecule has 0 aliphatic heterocycles. The Kier molecular flexibility index (Phi) is 5.10. The summed E-state index contributed by atoms with van der Waals surface area (Å²) in [7, 11) is 0. The standard InChI is InChI=1S/C15H22N4/c1-3-13-5-6-15(17-9-13)10-18-14(4-2)11-19-8-7-16-12-19/h5-9,12,14,18H,3-4,10-11H2,1-2H3/t14-/m0/s1. The van der Waals surface area contributed by atoms with Crippen molar-refractivity contribution in [3.63, 3.8) is 0 Å². The first kappa shape index (κ1) is 13.7. The van der Waals surface area contributed by atoms with E-state index in [1.54, 1.807) is 0 Å². The van der Waals surface area contributed by atoms with Crippen molar-refractivity contribution in [3.05, 3.63) is 48.3 Å². The van der Waals surface area contributed by atoms with E-state index in [0.717, 1.165) is 31.6 Å². The monoisotopic (exact) mass is 258 g/mol. The van der Waals surface area contributed by atoms with Crippen molar-refractivity contribution in [3.8, 4) is 0 Å². The smallest absolute Gasteiger partial charge is 0.0946 e. The van der Waals surface area contributed by atoms with Crippen LogP contribution in [0.3, 0.4) is 0 Å². The molecule has 2 rings (SSSR count). The number of pyridine rings is 1. The molecule has 2 heterocycles. The van der Waals surface area contributed by atoms with Gasteiger partial charge in [-0.05, 0) is 24.5 Å². The van der Waals surface area contributed by atoms with Gasteiger partial charge in [0.25, 0.3) is 0 Å². The zero-order valence-corrected chi connectivity index (χ0v) is 11.7. The second-order valence-electron chi connectivity index (χ2n) is 4.76. The summed E-state index contributed by atoms with van der Waals surface area (Å²) in [5.74, 6) is 0. The first-order chi connectivity index (χ1) is 9.31. The van der Waals surface area contributed by atoms with E-state index in [9.17, 15) is 0 Å². The number of nitrogens with one attached hydrogen (secondary N) is 1. The number of hydrogen-bond acceptors (Lipinski definition) is 3. The van der Waals surface area contributed by atoms with Crippen molar-refractivity contribution < 1.29 is 0 Å². The number of aryl methyl sites for hydroxylation is 1. The Labute approximate surface area is 114 Å². The number of aromatic nitrogens is 3. The van der Waals surface area contributed by atoms with Crippen LogP contribution in [0, 0.1) is 0 Å². The van der Waals surface area contributed by atoms with Gasteiger partial charge >= 0.3 is 0 Å². The molecule has 4 heteroatoms. The van der Waals surface area contributed by atoms with Crippen molar-refractivity contribution in [2.24, 2.45) is 0 Å². The van der Waals surface area contributed by atoms with Crippen LogP contribution in [-0.4, -0.2) is 20.6 Å². The Balaban J connectivity index is 1.84. The molecule has 2 aromatic heterocycles. The maximum Gasteiger partial charge on any atom is 0.0946 e. The van der Waals surface area contributed by atoms with E-state index in [1.165, 1.54) is 5.56 Å². The molecule has 19 heavy (non-hydrogen) atoms. The molecule has 0 spiro atoms. The van der Waals surface area contributed by atoms with Gasteiger partial charge in [-0.15, -0.1) is 0 Å². The van der Waals surface area contributed by atoms with Crippen LogP contribution in [0.4, 0.5) is 0 Å². The van der Waals surface area contributed by atoms with Crippen LogP contribution in [-0.2, 0) is 19.5 Å². The van der Waals surface area contributed by atoms with Crippen LogP contribution in [0.15, 0.2) is 37.1 Å². The minimum absolute atomic E-state index is 0.446. The second kappa shape index (κ2) is 7.04. The molecule has 102 valence electrons. The van der Waals surface area contributed by atoms with Gasteiger partial charge in [0.05, 0.1) is 12.0 Å². The largest absolute Gasteiger partial charge is 0.336 e. The summed E-state index contributed by atoms with van der Waals surface area (Å²) in [6.45, 7) is 6.11. The lowest BCUT2D eigenvalue weighted by atomic mass is 10.2. The highest BCUT2D eigenvalue weighted by atomic mass is 15.1. The molecule has 0 fully saturated rings. The van der Waals surface area contributed by atoms with Gasteiger partial charge in [-0.3, -0.25) is 4.98 Å². The van der Waals surface area contributed by atoms with Gasteiger partial charge < -0.3 is 9.88 Å². The van der Waals surface area contributed by atoms with Gasteiger partial charge in [-0.1, -0.05) is 19.9 Å². The second-order valence-corrected chi connectivity index (χ2v) is 4.76. The van der Waals surface area contributed by atoms with E-state index < -0.39 is 0 Å². The van der Waals surface area contributed by atoms with Crippen molar-refractivity contribution in [2.75, 3.05) is 0 Å². The molecule has 0 aromatic carbocycles. The molecule has 0 radical (unpaired) electrons. The molecule has 0 unspecified atom stereocenters. The third-order valence-electron chi connectivity index (χ3n) is 3.35. The lowest BCUT2D eigenvalue weighted by Gasteiger charge is -2.17. The number of imidazole rings is 1. The van der Waals surface area contributed by atoms with Crippen molar-refractivity contribution in [2.45, 2.75) is 45.8 Å². The van der Waals surface area contributed by atoms with E-state index in [1.807, 2.05) is 24.9 Å². The average molecular weight is 258 g/mol. The molecule has 0 bridgehead atoms. The minimum atomic E-state index is 0.446. The van der Waals surface area contributed by atoms with Gasteiger partial charge in [0.2, 0.25) is 0 Å². The predicted octanol–water partition coefficient (Wildman–Crippen LogP) is 2.41. The molecule has 1 N–H and O–H groups in total. The van der Waals surface area contributed by atoms with Crippen LogP contribution >= 0.6 is 0 Å². The summed E-state index contributed by atoms with van der Waals surface area (Å²) in [6.07, 6.45) is 9.77. The molecule has 0 saturated heterocycles. The molecular formula is C15H22N4. The van der Waals surface area contributed by atoms with Gasteiger partial charge in [-0.2, -0.15) is 0 Å². The SMILES string of the molecule is CCc1ccc(CN[C@@H](CC)Cn2ccnc2)nc1. The van der Waals surface area contributed by atoms with Crippen LogP contribution in [0.2, 0.25) is 0 Å². The van der Waals surface area contributed by atoms with Gasteiger partial charge in [0, 0.05) is 37.7 Å². The van der Waals surface area contributed by atoms with Gasteiger partial charge in [0.15, 0.2) is 0 Å². The van der Waals surface area contributed by atoms with Crippen LogP contribution in [0.5, 0.6) is 0 Å². The zero-order valence-electron chi connectivity index (χ0n) is 11.7. The third kappa shape index (κ3) is 4.17. The normalized spacial score (nSPS) is 12.5. The summed E-state index contributed by atoms with van der Waals surface area (Å²) in [6, 6.07) is 4.71. The van der Waals surface area contributed by atoms with Crippen molar-refractivity contribution in [1.82, 2.24) is 19.9 Å². The van der Waals surface area contributed by atoms with Gasteiger partial charge in [-0.25, -0.2) is 4.98 Å². The highest BCUT2D eigenvalue weighted by Gasteiger charge is 2.06. The van der Waals surface area contributed by atoms with Gasteiger partial charge in [0.1, 0.15) is 0 Å². The van der Waals surface area contributed by atoms with Crippen LogP contribution in [0.25, 0.3) is 0 Å². The Bertz CT molecular complexity index is 461. The summed E-state index contributed by atoms with van der Waals surface area (Å²) in [5.41, 5.74) is 2.38. The zero-order chi connectivity index (χ0) is 13.5. The summed E-state index contributed by atoms with van der Waals surface area (Å²) >= 11 is 0. The molecule has 0 aliphatic carbocycles. The Hall–Kier alpha value is -1.68. The average Bonchev–Trinajstić information content (AvgIpc) is 2.97. The number of hydrogen-bond donors (Lipinski definition) is 1. The first-order valence-corrected chi connectivity index (χ1v) is 6.94. The molecule has 2 aromatic rings. The summed E-state index contributed by atoms with van der Waals surface area (Å²) in [5, 5.41) is 3.55. The number of rotatable bonds is 7. The van der Waals surface area contributed by atoms with Crippen LogP contribution < -0.4 is 5.32 Å². The maximum atomic E-state index is 4.47. The van der Waals surface area contributed by atoms with E-state index in [4.69, 9.17) is 0 Å². The van der Waals surface area contributed by atoms with Crippen molar-refractivity contribution in [1.29, 1.82) is 0 Å². The molecule has 0 amide bonds. The van der Waals surface area contributed by atoms with Crippen LogP contribution in [0.1, 0.15) is 31.5 Å².